The van der Waals surface area contributed by atoms with Gasteiger partial charge in [-0.1, -0.05) is 11.6 Å². The normalized spacial score (nSPS) is 11.1. The van der Waals surface area contributed by atoms with Gasteiger partial charge in [0.15, 0.2) is 5.78 Å². The summed E-state index contributed by atoms with van der Waals surface area (Å²) in [6, 6.07) is 5.52. The van der Waals surface area contributed by atoms with E-state index in [1.165, 1.54) is 0 Å². The van der Waals surface area contributed by atoms with Gasteiger partial charge in [-0.25, -0.2) is 17.6 Å². The molecular formula is C17H8ClF4N3O. The summed E-state index contributed by atoms with van der Waals surface area (Å²) in [7, 11) is 0. The number of ketones is 1. The van der Waals surface area contributed by atoms with Crippen LogP contribution >= 0.6 is 11.6 Å². The second kappa shape index (κ2) is 6.77. The zero-order valence-electron chi connectivity index (χ0n) is 12.8. The minimum atomic E-state index is -2.74. The molecule has 4 nitrogen and oxygen atoms in total. The second-order valence-corrected chi connectivity index (χ2v) is 5.73. The molecule has 0 aliphatic carbocycles. The van der Waals surface area contributed by atoms with E-state index in [9.17, 15) is 27.6 Å². The van der Waals surface area contributed by atoms with Crippen LogP contribution < -0.4 is 0 Å². The van der Waals surface area contributed by atoms with Gasteiger partial charge in [0.25, 0.3) is 6.43 Å². The highest BCUT2D eigenvalue weighted by molar-refractivity contribution is 6.35. The second-order valence-electron chi connectivity index (χ2n) is 5.32. The average Bonchev–Trinajstić information content (AvgIpc) is 2.97. The van der Waals surface area contributed by atoms with Crippen molar-refractivity contribution in [2.24, 2.45) is 0 Å². The van der Waals surface area contributed by atoms with Crippen molar-refractivity contribution in [2.75, 3.05) is 0 Å². The van der Waals surface area contributed by atoms with E-state index in [4.69, 9.17) is 11.6 Å². The number of carbonyl (C=O) groups is 1. The van der Waals surface area contributed by atoms with Crippen LogP contribution in [-0.4, -0.2) is 22.0 Å². The van der Waals surface area contributed by atoms with E-state index in [2.05, 4.69) is 5.10 Å². The summed E-state index contributed by atoms with van der Waals surface area (Å²) in [6.07, 6.45) is -1.64. The maximum atomic E-state index is 14.6. The third-order valence-corrected chi connectivity index (χ3v) is 4.05. The van der Waals surface area contributed by atoms with Gasteiger partial charge in [-0.15, -0.1) is 0 Å². The van der Waals surface area contributed by atoms with Crippen LogP contribution in [0.4, 0.5) is 17.6 Å². The van der Waals surface area contributed by atoms with Gasteiger partial charge in [-0.05, 0) is 18.2 Å². The van der Waals surface area contributed by atoms with Crippen LogP contribution in [0.25, 0.3) is 10.9 Å². The van der Waals surface area contributed by atoms with E-state index in [0.717, 1.165) is 35.1 Å². The fraction of sp³-hybridized carbons (Fsp3) is 0.118. The Morgan fingerprint density at radius 2 is 2.04 bits per heavy atom. The predicted octanol–water partition coefficient (Wildman–Crippen LogP) is 4.34. The number of nitriles is 1. The number of benzene rings is 2. The van der Waals surface area contributed by atoms with E-state index in [0.29, 0.717) is 0 Å². The van der Waals surface area contributed by atoms with E-state index < -0.39 is 36.0 Å². The lowest BCUT2D eigenvalue weighted by Crippen LogP contribution is -2.11. The summed E-state index contributed by atoms with van der Waals surface area (Å²) in [5.74, 6) is -2.87. The van der Waals surface area contributed by atoms with Crippen molar-refractivity contribution in [3.8, 4) is 6.07 Å². The quantitative estimate of drug-likeness (QED) is 0.499. The minimum Gasteiger partial charge on any atom is -0.288 e. The molecule has 1 aromatic heterocycles. The third-order valence-electron chi connectivity index (χ3n) is 3.72. The highest BCUT2D eigenvalue weighted by Gasteiger charge is 2.25. The number of hydrogen-bond donors (Lipinski definition) is 0. The molecule has 0 aliphatic rings. The summed E-state index contributed by atoms with van der Waals surface area (Å²) in [5.41, 5.74) is -1.38. The molecule has 2 aromatic carbocycles. The standard InChI is InChI=1S/C17H8ClF4N3O/c18-12-2-1-8(19)3-9(12)17(26)16-10(5-23)11-6-24-25(7-15(21)22)14(11)4-13(16)20/h1-4,6,15H,7H2. The van der Waals surface area contributed by atoms with Crippen LogP contribution in [0, 0.1) is 23.0 Å². The largest absolute Gasteiger partial charge is 0.288 e. The summed E-state index contributed by atoms with van der Waals surface area (Å²) in [5, 5.41) is 13.0. The SMILES string of the molecule is N#Cc1c(C(=O)c2cc(F)ccc2Cl)c(F)cc2c1cnn2CC(F)F. The Kier molecular flexibility index (Phi) is 4.66. The molecule has 0 unspecified atom stereocenters. The van der Waals surface area contributed by atoms with Crippen molar-refractivity contribution >= 4 is 28.3 Å². The van der Waals surface area contributed by atoms with Crippen LogP contribution in [0.15, 0.2) is 30.5 Å². The maximum absolute atomic E-state index is 14.6. The van der Waals surface area contributed by atoms with Gasteiger partial charge in [0.05, 0.1) is 27.9 Å². The molecule has 1 heterocycles. The van der Waals surface area contributed by atoms with Gasteiger partial charge in [-0.3, -0.25) is 9.48 Å². The Bertz CT molecular complexity index is 1070. The van der Waals surface area contributed by atoms with Crippen molar-refractivity contribution < 1.29 is 22.4 Å². The van der Waals surface area contributed by atoms with Gasteiger partial charge in [-0.2, -0.15) is 10.4 Å². The van der Waals surface area contributed by atoms with Crippen molar-refractivity contribution in [1.82, 2.24) is 9.78 Å². The zero-order valence-corrected chi connectivity index (χ0v) is 13.6. The number of rotatable bonds is 4. The lowest BCUT2D eigenvalue weighted by atomic mass is 9.95. The number of fused-ring (bicyclic) bond motifs is 1. The van der Waals surface area contributed by atoms with Crippen LogP contribution in [-0.2, 0) is 6.54 Å². The lowest BCUT2D eigenvalue weighted by Gasteiger charge is -2.09. The Balaban J connectivity index is 2.24. The third kappa shape index (κ3) is 3.02. The first-order valence-corrected chi connectivity index (χ1v) is 7.57. The van der Waals surface area contributed by atoms with Gasteiger partial charge in [0.1, 0.15) is 24.2 Å². The Morgan fingerprint density at radius 1 is 1.31 bits per heavy atom. The molecule has 0 spiro atoms. The topological polar surface area (TPSA) is 58.7 Å². The van der Waals surface area contributed by atoms with E-state index >= 15 is 0 Å². The number of nitrogens with zero attached hydrogens (tertiary/aromatic N) is 3. The number of aromatic nitrogens is 2. The average molecular weight is 382 g/mol. The first-order valence-electron chi connectivity index (χ1n) is 7.19. The molecular weight excluding hydrogens is 374 g/mol. The molecule has 0 saturated carbocycles. The van der Waals surface area contributed by atoms with Crippen molar-refractivity contribution in [3.63, 3.8) is 0 Å². The molecule has 0 N–H and O–H groups in total. The highest BCUT2D eigenvalue weighted by atomic mass is 35.5. The van der Waals surface area contributed by atoms with Gasteiger partial charge in [0, 0.05) is 17.0 Å². The molecule has 9 heteroatoms. The molecule has 0 saturated heterocycles. The van der Waals surface area contributed by atoms with E-state index in [1.54, 1.807) is 6.07 Å². The smallest absolute Gasteiger partial charge is 0.257 e. The van der Waals surface area contributed by atoms with Crippen molar-refractivity contribution in [1.29, 1.82) is 5.26 Å². The molecule has 132 valence electrons. The van der Waals surface area contributed by atoms with Crippen LogP contribution in [0.3, 0.4) is 0 Å². The molecule has 0 bridgehead atoms. The highest BCUT2D eigenvalue weighted by Crippen LogP contribution is 2.29. The van der Waals surface area contributed by atoms with Crippen molar-refractivity contribution in [3.05, 3.63) is 63.8 Å². The minimum absolute atomic E-state index is 0.0328. The summed E-state index contributed by atoms with van der Waals surface area (Å²) < 4.78 is 54.1. The zero-order chi connectivity index (χ0) is 19.0. The first-order chi connectivity index (χ1) is 12.3. The molecule has 3 rings (SSSR count). The van der Waals surface area contributed by atoms with Crippen LogP contribution in [0.1, 0.15) is 21.5 Å². The molecule has 0 radical (unpaired) electrons. The Hall–Kier alpha value is -2.92. The van der Waals surface area contributed by atoms with Crippen LogP contribution in [0.2, 0.25) is 5.02 Å². The molecule has 26 heavy (non-hydrogen) atoms. The van der Waals surface area contributed by atoms with Gasteiger partial charge >= 0.3 is 0 Å². The molecule has 0 atom stereocenters. The number of hydrogen-bond acceptors (Lipinski definition) is 3. The molecule has 0 aliphatic heterocycles. The van der Waals surface area contributed by atoms with Crippen molar-refractivity contribution in [2.45, 2.75) is 13.0 Å². The first kappa shape index (κ1) is 17.9. The summed E-state index contributed by atoms with van der Waals surface area (Å²) in [4.78, 5) is 12.7. The van der Waals surface area contributed by atoms with Gasteiger partial charge < -0.3 is 0 Å². The summed E-state index contributed by atoms with van der Waals surface area (Å²) >= 11 is 5.88. The number of alkyl halides is 2. The molecule has 0 amide bonds. The number of carbonyl (C=O) groups excluding carboxylic acids is 1. The molecule has 3 aromatic rings. The van der Waals surface area contributed by atoms with Gasteiger partial charge in [0.2, 0.25) is 0 Å². The van der Waals surface area contributed by atoms with E-state index in [1.807, 2.05) is 0 Å². The number of halogens is 5. The fourth-order valence-electron chi connectivity index (χ4n) is 2.61. The van der Waals surface area contributed by atoms with E-state index in [-0.39, 0.29) is 27.1 Å². The van der Waals surface area contributed by atoms with Crippen LogP contribution in [0.5, 0.6) is 0 Å². The lowest BCUT2D eigenvalue weighted by molar-refractivity contribution is 0.103. The predicted molar refractivity (Wildman–Crippen MR) is 85.3 cm³/mol. The maximum Gasteiger partial charge on any atom is 0.257 e. The Morgan fingerprint density at radius 3 is 2.69 bits per heavy atom. The Labute approximate surface area is 149 Å². The monoisotopic (exact) mass is 381 g/mol. The fourth-order valence-corrected chi connectivity index (χ4v) is 2.81. The summed E-state index contributed by atoms with van der Waals surface area (Å²) in [6.45, 7) is -0.795. The molecule has 0 fully saturated rings.